The topological polar surface area (TPSA) is 108 Å². The van der Waals surface area contributed by atoms with E-state index >= 15 is 0 Å². The first-order valence-electron chi connectivity index (χ1n) is 13.8. The molecule has 0 aromatic heterocycles. The van der Waals surface area contributed by atoms with E-state index in [0.29, 0.717) is 18.5 Å². The van der Waals surface area contributed by atoms with Gasteiger partial charge in [-0.15, -0.1) is 0 Å². The number of rotatable bonds is 16. The molecule has 0 saturated carbocycles. The third-order valence-electron chi connectivity index (χ3n) is 5.99. The predicted molar refractivity (Wildman–Crippen MR) is 147 cm³/mol. The van der Waals surface area contributed by atoms with Crippen LogP contribution in [0.15, 0.2) is 30.3 Å². The van der Waals surface area contributed by atoms with Gasteiger partial charge in [0, 0.05) is 12.6 Å². The van der Waals surface area contributed by atoms with Crippen LogP contribution in [0.5, 0.6) is 0 Å². The number of nitrogens with zero attached hydrogens (tertiary/aromatic N) is 1. The summed E-state index contributed by atoms with van der Waals surface area (Å²) in [5.41, 5.74) is -0.0790. The van der Waals surface area contributed by atoms with E-state index in [0.717, 1.165) is 38.5 Å². The van der Waals surface area contributed by atoms with Crippen LogP contribution in [0.25, 0.3) is 0 Å². The van der Waals surface area contributed by atoms with Crippen molar-refractivity contribution in [3.63, 3.8) is 0 Å². The second-order valence-corrected chi connectivity index (χ2v) is 10.7. The molecule has 3 atom stereocenters. The third kappa shape index (κ3) is 12.5. The Kier molecular flexibility index (Phi) is 14.9. The third-order valence-corrected chi connectivity index (χ3v) is 5.99. The van der Waals surface area contributed by atoms with Crippen molar-refractivity contribution >= 4 is 17.9 Å². The van der Waals surface area contributed by atoms with E-state index in [9.17, 15) is 19.5 Å². The summed E-state index contributed by atoms with van der Waals surface area (Å²) in [6, 6.07) is 7.00. The summed E-state index contributed by atoms with van der Waals surface area (Å²) in [4.78, 5) is 41.3. The zero-order valence-electron chi connectivity index (χ0n) is 23.7. The van der Waals surface area contributed by atoms with E-state index in [-0.39, 0.29) is 11.9 Å². The molecule has 8 nitrogen and oxygen atoms in total. The van der Waals surface area contributed by atoms with Gasteiger partial charge in [0.25, 0.3) is 0 Å². The fraction of sp³-hybridized carbons (Fsp3) is 0.690. The summed E-state index contributed by atoms with van der Waals surface area (Å²) < 4.78 is 5.30. The molecule has 1 aromatic rings. The van der Waals surface area contributed by atoms with Gasteiger partial charge in [-0.1, -0.05) is 82.7 Å². The monoisotopic (exact) mass is 519 g/mol. The van der Waals surface area contributed by atoms with E-state index in [1.807, 2.05) is 37.3 Å². The summed E-state index contributed by atoms with van der Waals surface area (Å²) in [7, 11) is 0. The number of aliphatic hydroxyl groups is 1. The molecule has 3 amide bonds. The smallest absolute Gasteiger partial charge is 0.408 e. The maximum Gasteiger partial charge on any atom is 0.408 e. The predicted octanol–water partition coefficient (Wildman–Crippen LogP) is 5.11. The lowest BCUT2D eigenvalue weighted by atomic mass is 10.0. The number of amides is 3. The second-order valence-electron chi connectivity index (χ2n) is 10.7. The summed E-state index contributed by atoms with van der Waals surface area (Å²) in [5.74, 6) is -0.797. The lowest BCUT2D eigenvalue weighted by molar-refractivity contribution is -0.143. The lowest BCUT2D eigenvalue weighted by Gasteiger charge is -2.34. The van der Waals surface area contributed by atoms with Crippen molar-refractivity contribution in [1.29, 1.82) is 0 Å². The summed E-state index contributed by atoms with van der Waals surface area (Å²) in [6.07, 6.45) is 7.06. The van der Waals surface area contributed by atoms with Crippen molar-refractivity contribution in [2.75, 3.05) is 13.2 Å². The Hall–Kier alpha value is -2.61. The molecule has 1 rings (SSSR count). The first-order valence-corrected chi connectivity index (χ1v) is 13.8. The highest BCUT2D eigenvalue weighted by Gasteiger charge is 2.36. The van der Waals surface area contributed by atoms with Gasteiger partial charge >= 0.3 is 6.09 Å². The Balaban J connectivity index is 3.27. The number of benzene rings is 1. The number of carbonyl (C=O) groups excluding carboxylic acids is 3. The highest BCUT2D eigenvalue weighted by atomic mass is 16.6. The first kappa shape index (κ1) is 32.4. The molecule has 37 heavy (non-hydrogen) atoms. The quantitative estimate of drug-likeness (QED) is 0.263. The molecule has 0 heterocycles. The van der Waals surface area contributed by atoms with Gasteiger partial charge in [-0.25, -0.2) is 4.79 Å². The molecular weight excluding hydrogens is 470 g/mol. The maximum atomic E-state index is 13.8. The van der Waals surface area contributed by atoms with Crippen LogP contribution in [-0.4, -0.2) is 58.8 Å². The molecule has 8 heteroatoms. The van der Waals surface area contributed by atoms with E-state index in [1.54, 1.807) is 20.8 Å². The maximum absolute atomic E-state index is 13.8. The molecule has 0 aliphatic rings. The van der Waals surface area contributed by atoms with Crippen LogP contribution in [0.3, 0.4) is 0 Å². The minimum absolute atomic E-state index is 0.0526. The standard InChI is InChI=1S/C29H49N3O5/c1-7-9-10-11-12-16-20-32(27(35)24(21-33)31-28(36)37-29(4,5)6)25(23-18-14-13-15-19-23)26(34)30-22(3)17-8-2/h13-15,18-19,22,24-25,33H,7-12,16-17,20-21H2,1-6H3,(H,30,34)(H,31,36). The SMILES string of the molecule is CCCCCCCCN(C(=O)C(CO)NC(=O)OC(C)(C)C)C(C(=O)NC(C)CCC)c1ccccc1. The Bertz CT molecular complexity index is 810. The van der Waals surface area contributed by atoms with E-state index in [2.05, 4.69) is 24.5 Å². The van der Waals surface area contributed by atoms with Gasteiger partial charge in [0.2, 0.25) is 11.8 Å². The summed E-state index contributed by atoms with van der Waals surface area (Å²) in [6.45, 7) is 11.0. The molecule has 0 aliphatic heterocycles. The number of nitrogens with one attached hydrogen (secondary N) is 2. The average molecular weight is 520 g/mol. The molecule has 0 bridgehead atoms. The Morgan fingerprint density at radius 2 is 1.57 bits per heavy atom. The normalized spacial score (nSPS) is 13.8. The molecule has 3 N–H and O–H groups in total. The van der Waals surface area contributed by atoms with Crippen molar-refractivity contribution in [3.8, 4) is 0 Å². The zero-order valence-corrected chi connectivity index (χ0v) is 23.7. The van der Waals surface area contributed by atoms with E-state index < -0.39 is 36.3 Å². The number of carbonyl (C=O) groups is 3. The second kappa shape index (κ2) is 17.0. The fourth-order valence-corrected chi connectivity index (χ4v) is 4.20. The first-order chi connectivity index (χ1) is 17.5. The highest BCUT2D eigenvalue weighted by Crippen LogP contribution is 2.24. The van der Waals surface area contributed by atoms with Gasteiger partial charge in [-0.2, -0.15) is 0 Å². The fourth-order valence-electron chi connectivity index (χ4n) is 4.20. The van der Waals surface area contributed by atoms with Crippen LogP contribution >= 0.6 is 0 Å². The van der Waals surface area contributed by atoms with Crippen molar-refractivity contribution in [1.82, 2.24) is 15.5 Å². The number of alkyl carbamates (subject to hydrolysis) is 1. The van der Waals surface area contributed by atoms with Crippen LogP contribution < -0.4 is 10.6 Å². The van der Waals surface area contributed by atoms with Gasteiger partial charge < -0.3 is 25.4 Å². The minimum atomic E-state index is -1.23. The number of ether oxygens (including phenoxy) is 1. The zero-order chi connectivity index (χ0) is 27.8. The van der Waals surface area contributed by atoms with Gasteiger partial charge in [-0.05, 0) is 46.1 Å². The van der Waals surface area contributed by atoms with Gasteiger partial charge in [0.1, 0.15) is 17.7 Å². The Labute approximate surface area is 223 Å². The van der Waals surface area contributed by atoms with Crippen LogP contribution in [0.1, 0.15) is 105 Å². The van der Waals surface area contributed by atoms with Crippen molar-refractivity contribution in [2.24, 2.45) is 0 Å². The molecular formula is C29H49N3O5. The van der Waals surface area contributed by atoms with E-state index in [1.165, 1.54) is 11.3 Å². The molecule has 210 valence electrons. The van der Waals surface area contributed by atoms with Gasteiger partial charge in [0.05, 0.1) is 6.61 Å². The molecule has 0 fully saturated rings. The van der Waals surface area contributed by atoms with Gasteiger partial charge in [-0.3, -0.25) is 9.59 Å². The molecule has 0 spiro atoms. The van der Waals surface area contributed by atoms with Crippen molar-refractivity contribution in [2.45, 2.75) is 117 Å². The summed E-state index contributed by atoms with van der Waals surface area (Å²) in [5, 5.41) is 15.6. The molecule has 0 radical (unpaired) electrons. The minimum Gasteiger partial charge on any atom is -0.444 e. The molecule has 3 unspecified atom stereocenters. The van der Waals surface area contributed by atoms with Crippen LogP contribution in [0, 0.1) is 0 Å². The number of hydrogen-bond donors (Lipinski definition) is 3. The molecule has 0 aliphatic carbocycles. The average Bonchev–Trinajstić information content (AvgIpc) is 2.83. The highest BCUT2D eigenvalue weighted by molar-refractivity contribution is 5.92. The van der Waals surface area contributed by atoms with Crippen molar-refractivity contribution < 1.29 is 24.2 Å². The Morgan fingerprint density at radius 3 is 2.14 bits per heavy atom. The van der Waals surface area contributed by atoms with Gasteiger partial charge in [0.15, 0.2) is 0 Å². The van der Waals surface area contributed by atoms with E-state index in [4.69, 9.17) is 4.74 Å². The number of hydrogen-bond acceptors (Lipinski definition) is 5. The molecule has 0 saturated heterocycles. The van der Waals surface area contributed by atoms with Crippen LogP contribution in [-0.2, 0) is 14.3 Å². The molecule has 1 aromatic carbocycles. The van der Waals surface area contributed by atoms with Crippen molar-refractivity contribution in [3.05, 3.63) is 35.9 Å². The largest absolute Gasteiger partial charge is 0.444 e. The summed E-state index contributed by atoms with van der Waals surface area (Å²) >= 11 is 0. The number of aliphatic hydroxyl groups excluding tert-OH is 1. The van der Waals surface area contributed by atoms with Crippen LogP contribution in [0.4, 0.5) is 4.79 Å². The van der Waals surface area contributed by atoms with Crippen LogP contribution in [0.2, 0.25) is 0 Å². The number of unbranched alkanes of at least 4 members (excludes halogenated alkanes) is 5. The lowest BCUT2D eigenvalue weighted by Crippen LogP contribution is -2.55. The Morgan fingerprint density at radius 1 is 0.946 bits per heavy atom.